The van der Waals surface area contributed by atoms with Gasteiger partial charge in [0.25, 0.3) is 5.91 Å². The molecule has 0 saturated carbocycles. The fraction of sp³-hybridized carbons (Fsp3) is 0.182. The van der Waals surface area contributed by atoms with Crippen molar-refractivity contribution in [2.45, 2.75) is 19.9 Å². The maximum atomic E-state index is 12.6. The molecule has 0 atom stereocenters. The number of aliphatic imine (C=N–C) groups is 1. The number of nitrogens with zero attached hydrogens (tertiary/aromatic N) is 1. The zero-order chi connectivity index (χ0) is 20.5. The summed E-state index contributed by atoms with van der Waals surface area (Å²) >= 11 is 1.67. The molecule has 0 spiro atoms. The highest BCUT2D eigenvalue weighted by molar-refractivity contribution is 8.07. The van der Waals surface area contributed by atoms with Gasteiger partial charge in [0.2, 0.25) is 0 Å². The van der Waals surface area contributed by atoms with Gasteiger partial charge in [0, 0.05) is 17.0 Å². The van der Waals surface area contributed by atoms with Gasteiger partial charge in [-0.2, -0.15) is 0 Å². The van der Waals surface area contributed by atoms with Crippen LogP contribution in [-0.2, 0) is 6.54 Å². The second-order valence-corrected chi connectivity index (χ2v) is 6.94. The van der Waals surface area contributed by atoms with Crippen LogP contribution in [0.4, 0.5) is 11.4 Å². The summed E-state index contributed by atoms with van der Waals surface area (Å²) in [5.41, 5.74) is 9.81. The van der Waals surface area contributed by atoms with Gasteiger partial charge in [0.15, 0.2) is 0 Å². The number of carbonyl (C=O) groups is 1. The number of amides is 1. The number of thioether (sulfide) groups is 1. The van der Waals surface area contributed by atoms with Crippen LogP contribution in [0.1, 0.15) is 34.8 Å². The van der Waals surface area contributed by atoms with E-state index in [0.717, 1.165) is 22.5 Å². The number of hydrogen-bond acceptors (Lipinski definition) is 5. The molecule has 0 unspecified atom stereocenters. The van der Waals surface area contributed by atoms with Gasteiger partial charge in [-0.3, -0.25) is 4.79 Å². The lowest BCUT2D eigenvalue weighted by molar-refractivity contribution is 0.102. The molecule has 0 heterocycles. The largest absolute Gasteiger partial charge is 0.397 e. The molecule has 0 radical (unpaired) electrons. The van der Waals surface area contributed by atoms with Gasteiger partial charge in [0.05, 0.1) is 11.4 Å². The predicted molar refractivity (Wildman–Crippen MR) is 123 cm³/mol. The number of rotatable bonds is 9. The van der Waals surface area contributed by atoms with Gasteiger partial charge in [-0.1, -0.05) is 37.8 Å². The second kappa shape index (κ2) is 10.4. The van der Waals surface area contributed by atoms with Crippen LogP contribution < -0.4 is 16.4 Å². The zero-order valence-electron chi connectivity index (χ0n) is 16.3. The van der Waals surface area contributed by atoms with Gasteiger partial charge >= 0.3 is 0 Å². The van der Waals surface area contributed by atoms with Crippen molar-refractivity contribution in [2.24, 2.45) is 4.99 Å². The standard InChI is InChI=1S/C22H26N4OS/c1-5-6-21(28-4)18-11-12-19(23)20(13-18)26-22(27)17-9-7-16(8-10-17)14-25-15(2)24-3/h6-13,25H,2-3,5,14,23H2,1,4H3,(H,26,27)/b21-6-. The van der Waals surface area contributed by atoms with Crippen LogP contribution in [0.25, 0.3) is 4.91 Å². The zero-order valence-corrected chi connectivity index (χ0v) is 17.1. The molecular formula is C22H26N4OS. The molecule has 146 valence electrons. The van der Waals surface area contributed by atoms with E-state index in [9.17, 15) is 4.79 Å². The fourth-order valence-corrected chi connectivity index (χ4v) is 3.25. The molecule has 0 aliphatic rings. The van der Waals surface area contributed by atoms with Crippen LogP contribution in [0.5, 0.6) is 0 Å². The normalized spacial score (nSPS) is 11.0. The lowest BCUT2D eigenvalue weighted by Crippen LogP contribution is -2.14. The summed E-state index contributed by atoms with van der Waals surface area (Å²) in [4.78, 5) is 17.5. The van der Waals surface area contributed by atoms with E-state index in [1.54, 1.807) is 23.9 Å². The third-order valence-corrected chi connectivity index (χ3v) is 4.94. The summed E-state index contributed by atoms with van der Waals surface area (Å²) in [6.45, 7) is 9.78. The van der Waals surface area contributed by atoms with Crippen molar-refractivity contribution in [1.29, 1.82) is 0 Å². The Hall–Kier alpha value is -2.99. The summed E-state index contributed by atoms with van der Waals surface area (Å²) < 4.78 is 0. The molecule has 1 amide bonds. The molecule has 6 heteroatoms. The minimum atomic E-state index is -0.203. The van der Waals surface area contributed by atoms with E-state index in [-0.39, 0.29) is 5.91 Å². The highest BCUT2D eigenvalue weighted by atomic mass is 32.2. The van der Waals surface area contributed by atoms with Gasteiger partial charge in [-0.05, 0) is 54.8 Å². The van der Waals surface area contributed by atoms with Crippen molar-refractivity contribution in [2.75, 3.05) is 17.3 Å². The lowest BCUT2D eigenvalue weighted by Gasteiger charge is -2.12. The monoisotopic (exact) mass is 394 g/mol. The summed E-state index contributed by atoms with van der Waals surface area (Å²) in [6, 6.07) is 13.0. The lowest BCUT2D eigenvalue weighted by atomic mass is 10.1. The maximum Gasteiger partial charge on any atom is 0.255 e. The van der Waals surface area contributed by atoms with Crippen molar-refractivity contribution >= 4 is 40.7 Å². The molecule has 28 heavy (non-hydrogen) atoms. The van der Waals surface area contributed by atoms with E-state index < -0.39 is 0 Å². The number of nitrogens with two attached hydrogens (primary N) is 1. The molecule has 0 aliphatic heterocycles. The molecular weight excluding hydrogens is 368 g/mol. The number of benzene rings is 2. The number of hydrogen-bond donors (Lipinski definition) is 3. The van der Waals surface area contributed by atoms with E-state index in [1.165, 1.54) is 0 Å². The Balaban J connectivity index is 2.13. The highest BCUT2D eigenvalue weighted by Crippen LogP contribution is 2.30. The summed E-state index contributed by atoms with van der Waals surface area (Å²) in [7, 11) is 0. The van der Waals surface area contributed by atoms with Gasteiger partial charge < -0.3 is 16.4 Å². The highest BCUT2D eigenvalue weighted by Gasteiger charge is 2.10. The third kappa shape index (κ3) is 5.76. The quantitative estimate of drug-likeness (QED) is 0.418. The van der Waals surface area contributed by atoms with Crippen molar-refractivity contribution < 1.29 is 4.79 Å². The Kier molecular flexibility index (Phi) is 7.89. The van der Waals surface area contributed by atoms with Crippen LogP contribution in [0, 0.1) is 0 Å². The Labute approximate surface area is 170 Å². The first-order valence-corrected chi connectivity index (χ1v) is 10.1. The topological polar surface area (TPSA) is 79.5 Å². The number of nitrogen functional groups attached to an aromatic ring is 1. The van der Waals surface area contributed by atoms with E-state index in [2.05, 4.69) is 41.9 Å². The summed E-state index contributed by atoms with van der Waals surface area (Å²) in [6.07, 6.45) is 5.14. The van der Waals surface area contributed by atoms with E-state index in [0.29, 0.717) is 29.3 Å². The second-order valence-electron chi connectivity index (χ2n) is 6.09. The number of allylic oxidation sites excluding steroid dienone is 1. The van der Waals surface area contributed by atoms with Gasteiger partial charge in [0.1, 0.15) is 5.82 Å². The molecule has 0 fully saturated rings. The average Bonchev–Trinajstić information content (AvgIpc) is 2.72. The molecule has 2 rings (SSSR count). The third-order valence-electron chi connectivity index (χ3n) is 4.10. The SMILES string of the molecule is C=NC(=C)NCc1ccc(C(=O)Nc2cc(/C(=C/CC)SC)ccc2N)cc1. The maximum absolute atomic E-state index is 12.6. The minimum Gasteiger partial charge on any atom is -0.397 e. The molecule has 0 aromatic heterocycles. The first-order valence-electron chi connectivity index (χ1n) is 8.92. The Morgan fingerprint density at radius 1 is 1.21 bits per heavy atom. The van der Waals surface area contributed by atoms with Crippen molar-refractivity contribution in [3.63, 3.8) is 0 Å². The van der Waals surface area contributed by atoms with Crippen LogP contribution in [0.15, 0.2) is 65.9 Å². The van der Waals surface area contributed by atoms with Crippen molar-refractivity contribution in [1.82, 2.24) is 5.32 Å². The fourth-order valence-electron chi connectivity index (χ4n) is 2.55. The molecule has 0 saturated heterocycles. The van der Waals surface area contributed by atoms with Crippen molar-refractivity contribution in [3.05, 3.63) is 77.6 Å². The van der Waals surface area contributed by atoms with E-state index in [1.807, 2.05) is 36.6 Å². The Morgan fingerprint density at radius 2 is 1.89 bits per heavy atom. The van der Waals surface area contributed by atoms with Crippen LogP contribution >= 0.6 is 11.8 Å². The smallest absolute Gasteiger partial charge is 0.255 e. The molecule has 2 aromatic carbocycles. The number of anilines is 2. The van der Waals surface area contributed by atoms with Crippen LogP contribution in [-0.4, -0.2) is 18.9 Å². The number of carbonyl (C=O) groups excluding carboxylic acids is 1. The number of nitrogens with one attached hydrogen (secondary N) is 2. The Morgan fingerprint density at radius 3 is 2.50 bits per heavy atom. The van der Waals surface area contributed by atoms with E-state index in [4.69, 9.17) is 5.73 Å². The molecule has 4 N–H and O–H groups in total. The van der Waals surface area contributed by atoms with Gasteiger partial charge in [-0.25, -0.2) is 4.99 Å². The first kappa shape index (κ1) is 21.3. The van der Waals surface area contributed by atoms with Crippen LogP contribution in [0.2, 0.25) is 0 Å². The van der Waals surface area contributed by atoms with Gasteiger partial charge in [-0.15, -0.1) is 11.8 Å². The molecule has 0 bridgehead atoms. The molecule has 5 nitrogen and oxygen atoms in total. The predicted octanol–water partition coefficient (Wildman–Crippen LogP) is 4.90. The first-order chi connectivity index (χ1) is 13.5. The molecule has 0 aliphatic carbocycles. The minimum absolute atomic E-state index is 0.203. The Bertz CT molecular complexity index is 888. The average molecular weight is 395 g/mol. The van der Waals surface area contributed by atoms with Crippen LogP contribution in [0.3, 0.4) is 0 Å². The molecule has 2 aromatic rings. The van der Waals surface area contributed by atoms with E-state index >= 15 is 0 Å². The summed E-state index contributed by atoms with van der Waals surface area (Å²) in [5.74, 6) is 0.310. The van der Waals surface area contributed by atoms with Crippen molar-refractivity contribution in [3.8, 4) is 0 Å². The summed E-state index contributed by atoms with van der Waals surface area (Å²) in [5, 5.41) is 5.94.